The number of ether oxygens (including phenoxy) is 2. The molecule has 1 aliphatic heterocycles. The van der Waals surface area contributed by atoms with Crippen LogP contribution >= 0.6 is 11.6 Å². The SMILES string of the molecule is COC(=O)C=CC(=O)N(CCOC(C)C)c1ccc(C(=O)N2CCN(CCc3ccc(Cl)cc3)CC2)cc1. The average molecular weight is 542 g/mol. The van der Waals surface area contributed by atoms with Gasteiger partial charge in [-0.2, -0.15) is 0 Å². The number of benzene rings is 2. The zero-order valence-electron chi connectivity index (χ0n) is 22.3. The van der Waals surface area contributed by atoms with Crippen LogP contribution in [0, 0.1) is 0 Å². The lowest BCUT2D eigenvalue weighted by Gasteiger charge is -2.35. The molecule has 1 aliphatic rings. The van der Waals surface area contributed by atoms with Crippen LogP contribution in [-0.2, 0) is 25.5 Å². The van der Waals surface area contributed by atoms with Gasteiger partial charge in [0.15, 0.2) is 0 Å². The number of hydrogen-bond acceptors (Lipinski definition) is 6. The minimum absolute atomic E-state index is 0.0236. The third kappa shape index (κ3) is 8.97. The second kappa shape index (κ2) is 14.7. The molecular weight excluding hydrogens is 506 g/mol. The molecule has 0 N–H and O–H groups in total. The van der Waals surface area contributed by atoms with Crippen LogP contribution in [0.5, 0.6) is 0 Å². The van der Waals surface area contributed by atoms with Crippen LogP contribution in [0.25, 0.3) is 0 Å². The van der Waals surface area contributed by atoms with Crippen LogP contribution in [-0.4, -0.2) is 86.7 Å². The number of carbonyl (C=O) groups is 3. The third-order valence-corrected chi connectivity index (χ3v) is 6.56. The molecule has 0 unspecified atom stereocenters. The van der Waals surface area contributed by atoms with E-state index in [0.29, 0.717) is 37.5 Å². The standard InChI is InChI=1S/C29H36ClN3O5/c1-22(2)38-21-20-33(27(34)12-13-28(35)37-3)26-10-6-24(7-11-26)29(36)32-18-16-31(17-19-32)15-14-23-4-8-25(30)9-5-23/h4-13,22H,14-21H2,1-3H3. The van der Waals surface area contributed by atoms with Gasteiger partial charge in [0.05, 0.1) is 19.8 Å². The summed E-state index contributed by atoms with van der Waals surface area (Å²) in [7, 11) is 1.25. The fourth-order valence-electron chi connectivity index (χ4n) is 4.12. The fraction of sp³-hybridized carbons (Fsp3) is 0.414. The normalized spacial score (nSPS) is 14.2. The minimum Gasteiger partial charge on any atom is -0.466 e. The Morgan fingerprint density at radius 2 is 1.63 bits per heavy atom. The maximum Gasteiger partial charge on any atom is 0.330 e. The molecule has 3 rings (SSSR count). The van der Waals surface area contributed by atoms with Gasteiger partial charge in [-0.3, -0.25) is 14.5 Å². The van der Waals surface area contributed by atoms with E-state index in [2.05, 4.69) is 9.64 Å². The van der Waals surface area contributed by atoms with Crippen molar-refractivity contribution in [2.75, 3.05) is 57.9 Å². The Bertz CT molecular complexity index is 1090. The molecular formula is C29H36ClN3O5. The van der Waals surface area contributed by atoms with Crippen LogP contribution in [0.3, 0.4) is 0 Å². The molecule has 0 aromatic heterocycles. The molecule has 9 heteroatoms. The molecule has 8 nitrogen and oxygen atoms in total. The van der Waals surface area contributed by atoms with Crippen LogP contribution < -0.4 is 4.90 Å². The Morgan fingerprint density at radius 1 is 0.974 bits per heavy atom. The third-order valence-electron chi connectivity index (χ3n) is 6.31. The van der Waals surface area contributed by atoms with Gasteiger partial charge in [0.25, 0.3) is 11.8 Å². The second-order valence-corrected chi connectivity index (χ2v) is 9.76. The van der Waals surface area contributed by atoms with Gasteiger partial charge < -0.3 is 19.3 Å². The van der Waals surface area contributed by atoms with Gasteiger partial charge >= 0.3 is 5.97 Å². The molecule has 2 aromatic rings. The van der Waals surface area contributed by atoms with Crippen molar-refractivity contribution in [2.24, 2.45) is 0 Å². The van der Waals surface area contributed by atoms with Gasteiger partial charge in [0, 0.05) is 67.7 Å². The quantitative estimate of drug-likeness (QED) is 0.318. The highest BCUT2D eigenvalue weighted by atomic mass is 35.5. The first-order valence-electron chi connectivity index (χ1n) is 12.8. The summed E-state index contributed by atoms with van der Waals surface area (Å²) in [6.07, 6.45) is 3.23. The van der Waals surface area contributed by atoms with E-state index in [0.717, 1.165) is 37.2 Å². The average Bonchev–Trinajstić information content (AvgIpc) is 2.93. The zero-order valence-corrected chi connectivity index (χ0v) is 23.0. The Labute approximate surface area is 229 Å². The number of halogens is 1. The van der Waals surface area contributed by atoms with E-state index in [9.17, 15) is 14.4 Å². The summed E-state index contributed by atoms with van der Waals surface area (Å²) in [6.45, 7) is 8.38. The number of esters is 1. The molecule has 0 bridgehead atoms. The first-order chi connectivity index (χ1) is 18.3. The van der Waals surface area contributed by atoms with Crippen molar-refractivity contribution in [2.45, 2.75) is 26.4 Å². The number of methoxy groups -OCH3 is 1. The van der Waals surface area contributed by atoms with E-state index in [1.165, 1.54) is 23.6 Å². The van der Waals surface area contributed by atoms with Gasteiger partial charge in [0.2, 0.25) is 0 Å². The lowest BCUT2D eigenvalue weighted by molar-refractivity contribution is -0.135. The molecule has 1 fully saturated rings. The van der Waals surface area contributed by atoms with Gasteiger partial charge in [-0.25, -0.2) is 4.79 Å². The summed E-state index contributed by atoms with van der Waals surface area (Å²) < 4.78 is 10.2. The highest BCUT2D eigenvalue weighted by molar-refractivity contribution is 6.30. The van der Waals surface area contributed by atoms with Crippen molar-refractivity contribution in [3.8, 4) is 0 Å². The number of anilines is 1. The van der Waals surface area contributed by atoms with Crippen molar-refractivity contribution in [1.82, 2.24) is 9.80 Å². The highest BCUT2D eigenvalue weighted by Gasteiger charge is 2.22. The summed E-state index contributed by atoms with van der Waals surface area (Å²) in [4.78, 5) is 43.1. The predicted molar refractivity (Wildman–Crippen MR) is 149 cm³/mol. The lowest BCUT2D eigenvalue weighted by atomic mass is 10.1. The monoisotopic (exact) mass is 541 g/mol. The molecule has 1 heterocycles. The molecule has 204 valence electrons. The van der Waals surface area contributed by atoms with Crippen molar-refractivity contribution in [3.05, 3.63) is 76.8 Å². The summed E-state index contributed by atoms with van der Waals surface area (Å²) in [5.41, 5.74) is 2.43. The predicted octanol–water partition coefficient (Wildman–Crippen LogP) is 3.83. The van der Waals surface area contributed by atoms with Crippen molar-refractivity contribution in [3.63, 3.8) is 0 Å². The zero-order chi connectivity index (χ0) is 27.5. The van der Waals surface area contributed by atoms with E-state index in [1.54, 1.807) is 24.3 Å². The molecule has 1 saturated heterocycles. The number of carbonyl (C=O) groups excluding carboxylic acids is 3. The molecule has 0 saturated carbocycles. The highest BCUT2D eigenvalue weighted by Crippen LogP contribution is 2.18. The maximum atomic E-state index is 13.1. The molecule has 0 aliphatic carbocycles. The van der Waals surface area contributed by atoms with E-state index in [-0.39, 0.29) is 17.9 Å². The van der Waals surface area contributed by atoms with Crippen LogP contribution in [0.4, 0.5) is 5.69 Å². The van der Waals surface area contributed by atoms with Gasteiger partial charge in [-0.15, -0.1) is 0 Å². The van der Waals surface area contributed by atoms with Gasteiger partial charge in [-0.1, -0.05) is 23.7 Å². The molecule has 0 spiro atoms. The van der Waals surface area contributed by atoms with E-state index < -0.39 is 5.97 Å². The smallest absolute Gasteiger partial charge is 0.330 e. The first kappa shape index (κ1) is 29.4. The molecule has 38 heavy (non-hydrogen) atoms. The van der Waals surface area contributed by atoms with Crippen LogP contribution in [0.2, 0.25) is 5.02 Å². The molecule has 0 radical (unpaired) electrons. The Hall–Kier alpha value is -3.20. The Morgan fingerprint density at radius 3 is 2.24 bits per heavy atom. The topological polar surface area (TPSA) is 79.4 Å². The van der Waals surface area contributed by atoms with Crippen LogP contribution in [0.1, 0.15) is 29.8 Å². The van der Waals surface area contributed by atoms with Crippen LogP contribution in [0.15, 0.2) is 60.7 Å². The van der Waals surface area contributed by atoms with Gasteiger partial charge in [-0.05, 0) is 62.2 Å². The van der Waals surface area contributed by atoms with E-state index >= 15 is 0 Å². The van der Waals surface area contributed by atoms with E-state index in [4.69, 9.17) is 16.3 Å². The Kier molecular flexibility index (Phi) is 11.3. The van der Waals surface area contributed by atoms with Crippen molar-refractivity contribution < 1.29 is 23.9 Å². The maximum absolute atomic E-state index is 13.1. The first-order valence-corrected chi connectivity index (χ1v) is 13.2. The number of nitrogens with zero attached hydrogens (tertiary/aromatic N) is 3. The van der Waals surface area contributed by atoms with Crippen molar-refractivity contribution in [1.29, 1.82) is 0 Å². The van der Waals surface area contributed by atoms with E-state index in [1.807, 2.05) is 43.0 Å². The second-order valence-electron chi connectivity index (χ2n) is 9.32. The summed E-state index contributed by atoms with van der Waals surface area (Å²) in [5.74, 6) is -1.01. The largest absolute Gasteiger partial charge is 0.466 e. The molecule has 2 aromatic carbocycles. The molecule has 0 atom stereocenters. The number of amides is 2. The Balaban J connectivity index is 1.57. The number of piperazine rings is 1. The summed E-state index contributed by atoms with van der Waals surface area (Å²) in [6, 6.07) is 14.9. The summed E-state index contributed by atoms with van der Waals surface area (Å²) in [5, 5.41) is 0.740. The summed E-state index contributed by atoms with van der Waals surface area (Å²) >= 11 is 5.96. The van der Waals surface area contributed by atoms with Crippen molar-refractivity contribution >= 4 is 35.1 Å². The lowest BCUT2D eigenvalue weighted by Crippen LogP contribution is -2.49. The van der Waals surface area contributed by atoms with Gasteiger partial charge in [0.1, 0.15) is 0 Å². The number of rotatable bonds is 11. The molecule has 2 amide bonds. The minimum atomic E-state index is -0.609. The number of hydrogen-bond donors (Lipinski definition) is 0. The fourth-order valence-corrected chi connectivity index (χ4v) is 4.25.